The summed E-state index contributed by atoms with van der Waals surface area (Å²) < 4.78 is 18.6. The first kappa shape index (κ1) is 18.9. The van der Waals surface area contributed by atoms with Crippen LogP contribution in [0.4, 0.5) is 4.39 Å². The third-order valence-electron chi connectivity index (χ3n) is 3.25. The van der Waals surface area contributed by atoms with Crippen molar-refractivity contribution in [1.29, 1.82) is 0 Å². The monoisotopic (exact) mass is 324 g/mol. The summed E-state index contributed by atoms with van der Waals surface area (Å²) in [5.41, 5.74) is 0. The molecule has 2 amide bonds. The van der Waals surface area contributed by atoms with Crippen molar-refractivity contribution in [1.82, 2.24) is 10.6 Å². The summed E-state index contributed by atoms with van der Waals surface area (Å²) >= 11 is 0. The summed E-state index contributed by atoms with van der Waals surface area (Å²) in [7, 11) is 1.55. The molecule has 0 spiro atoms. The van der Waals surface area contributed by atoms with Gasteiger partial charge in [-0.25, -0.2) is 4.39 Å². The molecular weight excluding hydrogens is 299 g/mol. The standard InChI is InChI=1S/C17H25FN2O3/c1-12(2)11-14(17(22)19-3)20-16(21)9-6-10-23-15-8-5-4-7-13(15)18/h4-5,7-8,12,14H,6,9-11H2,1-3H3,(H,19,22)(H,20,21)/t14-/m1/s1. The molecule has 0 aliphatic rings. The lowest BCUT2D eigenvalue weighted by atomic mass is 10.0. The number of hydrogen-bond acceptors (Lipinski definition) is 3. The number of rotatable bonds is 9. The SMILES string of the molecule is CNC(=O)[C@@H](CC(C)C)NC(=O)CCCOc1ccccc1F. The Balaban J connectivity index is 2.35. The topological polar surface area (TPSA) is 67.4 Å². The Bertz CT molecular complexity index is 520. The Hall–Kier alpha value is -2.11. The lowest BCUT2D eigenvalue weighted by Crippen LogP contribution is -2.46. The molecule has 23 heavy (non-hydrogen) atoms. The highest BCUT2D eigenvalue weighted by atomic mass is 19.1. The maximum absolute atomic E-state index is 13.3. The van der Waals surface area contributed by atoms with Crippen LogP contribution in [0.1, 0.15) is 33.1 Å². The van der Waals surface area contributed by atoms with Gasteiger partial charge in [0.25, 0.3) is 0 Å². The van der Waals surface area contributed by atoms with E-state index in [1.165, 1.54) is 6.07 Å². The predicted molar refractivity (Wildman–Crippen MR) is 86.6 cm³/mol. The molecule has 0 fully saturated rings. The zero-order valence-electron chi connectivity index (χ0n) is 13.9. The van der Waals surface area contributed by atoms with Crippen LogP contribution in [0.3, 0.4) is 0 Å². The van der Waals surface area contributed by atoms with E-state index in [-0.39, 0.29) is 30.6 Å². The van der Waals surface area contributed by atoms with Crippen LogP contribution in [-0.4, -0.2) is 31.5 Å². The summed E-state index contributed by atoms with van der Waals surface area (Å²) in [6, 6.07) is 5.61. The fourth-order valence-electron chi connectivity index (χ4n) is 2.12. The van der Waals surface area contributed by atoms with Gasteiger partial charge in [0, 0.05) is 13.5 Å². The third kappa shape index (κ3) is 7.13. The number of benzene rings is 1. The second-order valence-corrected chi connectivity index (χ2v) is 5.75. The van der Waals surface area contributed by atoms with Crippen molar-refractivity contribution in [3.63, 3.8) is 0 Å². The fraction of sp³-hybridized carbons (Fsp3) is 0.529. The minimum Gasteiger partial charge on any atom is -0.491 e. The zero-order valence-corrected chi connectivity index (χ0v) is 13.9. The van der Waals surface area contributed by atoms with E-state index in [2.05, 4.69) is 10.6 Å². The molecule has 0 bridgehead atoms. The Morgan fingerprint density at radius 3 is 2.57 bits per heavy atom. The average Bonchev–Trinajstić information content (AvgIpc) is 2.51. The zero-order chi connectivity index (χ0) is 17.2. The molecule has 0 aromatic heterocycles. The molecule has 0 aliphatic carbocycles. The first-order valence-corrected chi connectivity index (χ1v) is 7.82. The number of carbonyl (C=O) groups excluding carboxylic acids is 2. The van der Waals surface area contributed by atoms with E-state index in [1.807, 2.05) is 13.8 Å². The van der Waals surface area contributed by atoms with E-state index < -0.39 is 11.9 Å². The molecule has 0 heterocycles. The number of nitrogens with one attached hydrogen (secondary N) is 2. The lowest BCUT2D eigenvalue weighted by Gasteiger charge is -2.19. The van der Waals surface area contributed by atoms with Crippen molar-refractivity contribution < 1.29 is 18.7 Å². The van der Waals surface area contributed by atoms with Crippen LogP contribution in [0.15, 0.2) is 24.3 Å². The molecule has 1 aromatic rings. The number of likely N-dealkylation sites (N-methyl/N-ethyl adjacent to an activating group) is 1. The molecule has 0 saturated carbocycles. The lowest BCUT2D eigenvalue weighted by molar-refractivity contribution is -0.129. The minimum absolute atomic E-state index is 0.177. The summed E-state index contributed by atoms with van der Waals surface area (Å²) in [5.74, 6) is -0.363. The summed E-state index contributed by atoms with van der Waals surface area (Å²) in [5, 5.41) is 5.28. The van der Waals surface area contributed by atoms with Crippen LogP contribution in [0.25, 0.3) is 0 Å². The quantitative estimate of drug-likeness (QED) is 0.685. The minimum atomic E-state index is -0.528. The van der Waals surface area contributed by atoms with Gasteiger partial charge in [0.2, 0.25) is 11.8 Å². The first-order chi connectivity index (χ1) is 10.9. The smallest absolute Gasteiger partial charge is 0.242 e. The van der Waals surface area contributed by atoms with Crippen molar-refractivity contribution in [2.75, 3.05) is 13.7 Å². The molecule has 128 valence electrons. The average molecular weight is 324 g/mol. The van der Waals surface area contributed by atoms with Crippen LogP contribution in [-0.2, 0) is 9.59 Å². The van der Waals surface area contributed by atoms with Gasteiger partial charge in [-0.05, 0) is 30.9 Å². The van der Waals surface area contributed by atoms with Crippen LogP contribution in [0.5, 0.6) is 5.75 Å². The molecule has 6 heteroatoms. The summed E-state index contributed by atoms with van der Waals surface area (Å²) in [6.45, 7) is 4.22. The van der Waals surface area contributed by atoms with E-state index in [4.69, 9.17) is 4.74 Å². The maximum atomic E-state index is 13.3. The number of hydrogen-bond donors (Lipinski definition) is 2. The molecule has 2 N–H and O–H groups in total. The van der Waals surface area contributed by atoms with Crippen molar-refractivity contribution in [3.05, 3.63) is 30.1 Å². The van der Waals surface area contributed by atoms with E-state index >= 15 is 0 Å². The second kappa shape index (κ2) is 9.82. The van der Waals surface area contributed by atoms with Crippen molar-refractivity contribution in [3.8, 4) is 5.75 Å². The number of carbonyl (C=O) groups is 2. The highest BCUT2D eigenvalue weighted by molar-refractivity contribution is 5.87. The summed E-state index contributed by atoms with van der Waals surface area (Å²) in [6.07, 6.45) is 1.25. The van der Waals surface area contributed by atoms with Crippen LogP contribution in [0, 0.1) is 11.7 Å². The van der Waals surface area contributed by atoms with E-state index in [0.29, 0.717) is 18.8 Å². The van der Waals surface area contributed by atoms with Gasteiger partial charge in [0.05, 0.1) is 6.61 Å². The van der Waals surface area contributed by atoms with E-state index in [9.17, 15) is 14.0 Å². The fourth-order valence-corrected chi connectivity index (χ4v) is 2.12. The molecular formula is C17H25FN2O3. The molecule has 0 aliphatic heterocycles. The van der Waals surface area contributed by atoms with Gasteiger partial charge in [-0.2, -0.15) is 0 Å². The van der Waals surface area contributed by atoms with Gasteiger partial charge in [-0.3, -0.25) is 9.59 Å². The van der Waals surface area contributed by atoms with Gasteiger partial charge in [-0.1, -0.05) is 26.0 Å². The Morgan fingerprint density at radius 2 is 1.96 bits per heavy atom. The Morgan fingerprint density at radius 1 is 1.26 bits per heavy atom. The van der Waals surface area contributed by atoms with E-state index in [0.717, 1.165) is 0 Å². The summed E-state index contributed by atoms with van der Waals surface area (Å²) in [4.78, 5) is 23.7. The van der Waals surface area contributed by atoms with Gasteiger partial charge in [0.15, 0.2) is 11.6 Å². The Labute approximate surface area is 136 Å². The molecule has 0 unspecified atom stereocenters. The molecule has 0 saturated heterocycles. The largest absolute Gasteiger partial charge is 0.491 e. The van der Waals surface area contributed by atoms with Crippen LogP contribution < -0.4 is 15.4 Å². The molecule has 5 nitrogen and oxygen atoms in total. The second-order valence-electron chi connectivity index (χ2n) is 5.75. The van der Waals surface area contributed by atoms with Gasteiger partial charge in [-0.15, -0.1) is 0 Å². The van der Waals surface area contributed by atoms with Crippen LogP contribution in [0.2, 0.25) is 0 Å². The third-order valence-corrected chi connectivity index (χ3v) is 3.25. The number of ether oxygens (including phenoxy) is 1. The van der Waals surface area contributed by atoms with Crippen LogP contribution >= 0.6 is 0 Å². The Kier molecular flexibility index (Phi) is 8.08. The van der Waals surface area contributed by atoms with E-state index in [1.54, 1.807) is 25.2 Å². The van der Waals surface area contributed by atoms with Gasteiger partial charge < -0.3 is 15.4 Å². The van der Waals surface area contributed by atoms with Crippen molar-refractivity contribution >= 4 is 11.8 Å². The number of amides is 2. The van der Waals surface area contributed by atoms with Crippen molar-refractivity contribution in [2.24, 2.45) is 5.92 Å². The maximum Gasteiger partial charge on any atom is 0.242 e. The normalized spacial score (nSPS) is 11.9. The molecule has 0 radical (unpaired) electrons. The number of para-hydroxylation sites is 1. The highest BCUT2D eigenvalue weighted by Gasteiger charge is 2.20. The van der Waals surface area contributed by atoms with Gasteiger partial charge in [0.1, 0.15) is 6.04 Å². The van der Waals surface area contributed by atoms with Gasteiger partial charge >= 0.3 is 0 Å². The predicted octanol–water partition coefficient (Wildman–Crippen LogP) is 2.26. The molecule has 1 atom stereocenters. The van der Waals surface area contributed by atoms with Crippen molar-refractivity contribution in [2.45, 2.75) is 39.2 Å². The molecule has 1 rings (SSSR count). The number of halogens is 1. The highest BCUT2D eigenvalue weighted by Crippen LogP contribution is 2.15. The molecule has 1 aromatic carbocycles. The first-order valence-electron chi connectivity index (χ1n) is 7.82.